The summed E-state index contributed by atoms with van der Waals surface area (Å²) in [5.74, 6) is 0.365. The van der Waals surface area contributed by atoms with Gasteiger partial charge in [0.25, 0.3) is 0 Å². The molecule has 4 rings (SSSR count). The number of rotatable bonds is 10. The van der Waals surface area contributed by atoms with E-state index in [0.717, 1.165) is 31.1 Å². The van der Waals surface area contributed by atoms with Crippen molar-refractivity contribution in [3.8, 4) is 0 Å². The first-order chi connectivity index (χ1) is 17.0. The lowest BCUT2D eigenvalue weighted by atomic mass is 9.77. The van der Waals surface area contributed by atoms with Crippen LogP contribution in [0.5, 0.6) is 0 Å². The van der Waals surface area contributed by atoms with E-state index in [1.165, 1.54) is 79.3 Å². The molecular formula is C32H37ClF2. The minimum Gasteiger partial charge on any atom is -0.205 e. The molecule has 0 saturated heterocycles. The number of hydrogen-bond acceptors (Lipinski definition) is 0. The van der Waals surface area contributed by atoms with Crippen molar-refractivity contribution < 1.29 is 8.78 Å². The molecule has 3 aromatic rings. The van der Waals surface area contributed by atoms with Crippen LogP contribution in [0.3, 0.4) is 0 Å². The number of hydrogen-bond donors (Lipinski definition) is 0. The Morgan fingerprint density at radius 2 is 0.971 bits per heavy atom. The zero-order chi connectivity index (χ0) is 24.6. The molecule has 3 heteroatoms. The van der Waals surface area contributed by atoms with E-state index in [1.54, 1.807) is 0 Å². The maximum atomic E-state index is 13.6. The zero-order valence-corrected chi connectivity index (χ0v) is 21.6. The van der Waals surface area contributed by atoms with Crippen molar-refractivity contribution in [1.29, 1.82) is 0 Å². The summed E-state index contributed by atoms with van der Waals surface area (Å²) in [6.45, 7) is 2.21. The molecule has 0 heterocycles. The van der Waals surface area contributed by atoms with Crippen molar-refractivity contribution in [2.24, 2.45) is 11.8 Å². The Bertz CT molecular complexity index is 1040. The summed E-state index contributed by atoms with van der Waals surface area (Å²) < 4.78 is 27.3. The van der Waals surface area contributed by atoms with Crippen LogP contribution in [0.25, 0.3) is 0 Å². The molecule has 0 radical (unpaired) electrons. The second kappa shape index (κ2) is 12.7. The van der Waals surface area contributed by atoms with Gasteiger partial charge in [0.15, 0.2) is 0 Å². The molecule has 0 unspecified atom stereocenters. The molecule has 0 nitrogen and oxygen atoms in total. The Morgan fingerprint density at radius 1 is 0.600 bits per heavy atom. The molecule has 0 bridgehead atoms. The second-order valence-electron chi connectivity index (χ2n) is 10.3. The highest BCUT2D eigenvalue weighted by Gasteiger charge is 2.21. The van der Waals surface area contributed by atoms with E-state index in [0.29, 0.717) is 12.0 Å². The molecule has 0 aliphatic heterocycles. The topological polar surface area (TPSA) is 0 Å². The highest BCUT2D eigenvalue weighted by atomic mass is 35.5. The van der Waals surface area contributed by atoms with E-state index in [4.69, 9.17) is 11.6 Å². The smallest absolute Gasteiger partial charge is 0.145 e. The van der Waals surface area contributed by atoms with Gasteiger partial charge in [-0.15, -0.1) is 0 Å². The molecule has 1 fully saturated rings. The maximum absolute atomic E-state index is 13.6. The second-order valence-corrected chi connectivity index (χ2v) is 10.7. The Morgan fingerprint density at radius 3 is 1.40 bits per heavy atom. The third kappa shape index (κ3) is 7.64. The summed E-state index contributed by atoms with van der Waals surface area (Å²) in [6, 6.07) is 20.6. The Hall–Kier alpha value is -2.19. The van der Waals surface area contributed by atoms with Crippen molar-refractivity contribution in [3.05, 3.63) is 105 Å². The summed E-state index contributed by atoms with van der Waals surface area (Å²) >= 11 is 5.57. The number of benzene rings is 3. The molecule has 0 atom stereocenters. The van der Waals surface area contributed by atoms with E-state index in [-0.39, 0.29) is 0 Å². The van der Waals surface area contributed by atoms with Crippen LogP contribution in [0.1, 0.15) is 73.3 Å². The van der Waals surface area contributed by atoms with E-state index in [9.17, 15) is 8.78 Å². The molecule has 0 spiro atoms. The molecular weight excluding hydrogens is 458 g/mol. The van der Waals surface area contributed by atoms with Gasteiger partial charge in [0.2, 0.25) is 0 Å². The lowest BCUT2D eigenvalue weighted by molar-refractivity contribution is 0.253. The molecule has 186 valence electrons. The minimum atomic E-state index is -0.687. The third-order valence-corrected chi connectivity index (χ3v) is 8.21. The van der Waals surface area contributed by atoms with Crippen LogP contribution in [0, 0.1) is 23.5 Å². The minimum absolute atomic E-state index is 0.427. The van der Waals surface area contributed by atoms with Gasteiger partial charge in [-0.3, -0.25) is 0 Å². The van der Waals surface area contributed by atoms with Gasteiger partial charge in [-0.05, 0) is 96.7 Å². The fourth-order valence-corrected chi connectivity index (χ4v) is 5.51. The van der Waals surface area contributed by atoms with E-state index < -0.39 is 16.7 Å². The Kier molecular flexibility index (Phi) is 9.38. The van der Waals surface area contributed by atoms with Crippen LogP contribution < -0.4 is 0 Å². The largest absolute Gasteiger partial charge is 0.205 e. The van der Waals surface area contributed by atoms with Crippen LogP contribution in [-0.4, -0.2) is 0 Å². The Labute approximate surface area is 214 Å². The Balaban J connectivity index is 1.15. The van der Waals surface area contributed by atoms with E-state index >= 15 is 0 Å². The van der Waals surface area contributed by atoms with Crippen LogP contribution in [0.4, 0.5) is 8.78 Å². The molecule has 0 N–H and O–H groups in total. The van der Waals surface area contributed by atoms with Crippen molar-refractivity contribution >= 4 is 11.6 Å². The van der Waals surface area contributed by atoms with Gasteiger partial charge in [0.05, 0.1) is 0 Å². The summed E-state index contributed by atoms with van der Waals surface area (Å²) in [5, 5.41) is -0.427. The number of aryl methyl sites for hydroxylation is 5. The van der Waals surface area contributed by atoms with E-state index in [1.807, 2.05) is 0 Å². The lowest BCUT2D eigenvalue weighted by Gasteiger charge is -2.28. The monoisotopic (exact) mass is 494 g/mol. The van der Waals surface area contributed by atoms with Crippen LogP contribution in [-0.2, 0) is 32.1 Å². The normalized spacial score (nSPS) is 18.1. The quantitative estimate of drug-likeness (QED) is 0.246. The average molecular weight is 495 g/mol. The molecule has 0 amide bonds. The summed E-state index contributed by atoms with van der Waals surface area (Å²) in [6.07, 6.45) is 12.9. The fourth-order valence-electron chi connectivity index (χ4n) is 5.41. The fraction of sp³-hybridized carbons (Fsp3) is 0.438. The van der Waals surface area contributed by atoms with Crippen LogP contribution in [0.15, 0.2) is 60.7 Å². The number of halogens is 3. The summed E-state index contributed by atoms with van der Waals surface area (Å²) in [7, 11) is 0. The molecule has 35 heavy (non-hydrogen) atoms. The first-order valence-electron chi connectivity index (χ1n) is 13.3. The molecule has 1 saturated carbocycles. The first-order valence-corrected chi connectivity index (χ1v) is 13.7. The zero-order valence-electron chi connectivity index (χ0n) is 20.8. The van der Waals surface area contributed by atoms with Crippen molar-refractivity contribution in [2.75, 3.05) is 0 Å². The summed E-state index contributed by atoms with van der Waals surface area (Å²) in [4.78, 5) is 0. The molecule has 0 aromatic heterocycles. The maximum Gasteiger partial charge on any atom is 0.145 e. The van der Waals surface area contributed by atoms with Gasteiger partial charge in [-0.2, -0.15) is 0 Å². The molecule has 3 aromatic carbocycles. The SMILES string of the molecule is CCc1ccc(CC[C@H]2CC[C@H](CCc3ccc(CCc4cc(F)c(Cl)c(F)c4)cc3)CC2)cc1. The van der Waals surface area contributed by atoms with Gasteiger partial charge in [0, 0.05) is 0 Å². The average Bonchev–Trinajstić information content (AvgIpc) is 2.89. The van der Waals surface area contributed by atoms with Gasteiger partial charge in [-0.1, -0.05) is 92.7 Å². The summed E-state index contributed by atoms with van der Waals surface area (Å²) in [5.41, 5.74) is 6.12. The van der Waals surface area contributed by atoms with Crippen LogP contribution >= 0.6 is 11.6 Å². The highest BCUT2D eigenvalue weighted by Crippen LogP contribution is 2.34. The lowest BCUT2D eigenvalue weighted by Crippen LogP contribution is -2.15. The van der Waals surface area contributed by atoms with Crippen molar-refractivity contribution in [2.45, 2.75) is 77.6 Å². The highest BCUT2D eigenvalue weighted by molar-refractivity contribution is 6.30. The van der Waals surface area contributed by atoms with Gasteiger partial charge >= 0.3 is 0 Å². The predicted molar refractivity (Wildman–Crippen MR) is 143 cm³/mol. The van der Waals surface area contributed by atoms with Gasteiger partial charge in [0.1, 0.15) is 16.7 Å². The molecule has 1 aliphatic carbocycles. The molecule has 1 aliphatic rings. The van der Waals surface area contributed by atoms with Gasteiger partial charge < -0.3 is 0 Å². The standard InChI is InChI=1S/C32H37ClF2/c1-2-23-3-5-24(6-4-23)7-8-25-9-11-26(12-10-25)13-14-27-15-17-28(18-16-27)19-20-29-21-30(34)32(33)31(35)22-29/h3-6,15-18,21-22,25-26H,2,7-14,19-20H2,1H3/t25-,26-. The van der Waals surface area contributed by atoms with Crippen LogP contribution in [0.2, 0.25) is 5.02 Å². The van der Waals surface area contributed by atoms with Crippen molar-refractivity contribution in [1.82, 2.24) is 0 Å². The van der Waals surface area contributed by atoms with Gasteiger partial charge in [-0.25, -0.2) is 8.78 Å². The van der Waals surface area contributed by atoms with E-state index in [2.05, 4.69) is 55.5 Å². The first kappa shape index (κ1) is 25.9. The predicted octanol–water partition coefficient (Wildman–Crippen LogP) is 9.34. The third-order valence-electron chi connectivity index (χ3n) is 7.85. The van der Waals surface area contributed by atoms with Crippen molar-refractivity contribution in [3.63, 3.8) is 0 Å².